The van der Waals surface area contributed by atoms with Crippen molar-refractivity contribution in [3.05, 3.63) is 30.1 Å². The highest BCUT2D eigenvalue weighted by Gasteiger charge is 2.20. The predicted octanol–water partition coefficient (Wildman–Crippen LogP) is 2.60. The summed E-state index contributed by atoms with van der Waals surface area (Å²) in [5.41, 5.74) is 0. The van der Waals surface area contributed by atoms with Crippen molar-refractivity contribution in [2.75, 3.05) is 6.61 Å². The molecule has 0 fully saturated rings. The molecule has 1 aromatic carbocycles. The molecule has 0 aromatic heterocycles. The zero-order valence-electron chi connectivity index (χ0n) is 12.8. The molecular weight excluding hydrogens is 289 g/mol. The van der Waals surface area contributed by atoms with E-state index in [1.54, 1.807) is 12.1 Å². The van der Waals surface area contributed by atoms with Gasteiger partial charge in [-0.1, -0.05) is 26.0 Å². The van der Waals surface area contributed by atoms with E-state index in [0.29, 0.717) is 12.8 Å². The van der Waals surface area contributed by atoms with Crippen LogP contribution in [0, 0.1) is 11.7 Å². The zero-order valence-corrected chi connectivity index (χ0v) is 12.8. The Hall–Kier alpha value is -2.11. The highest BCUT2D eigenvalue weighted by molar-refractivity contribution is 5.83. The van der Waals surface area contributed by atoms with E-state index in [1.807, 2.05) is 13.8 Å². The Kier molecular flexibility index (Phi) is 7.36. The molecule has 1 rings (SSSR count). The number of hydrogen-bond donors (Lipinski definition) is 2. The number of nitrogens with one attached hydrogen (secondary N) is 1. The number of benzene rings is 1. The fourth-order valence-electron chi connectivity index (χ4n) is 1.94. The average Bonchev–Trinajstić information content (AvgIpc) is 2.44. The summed E-state index contributed by atoms with van der Waals surface area (Å²) in [4.78, 5) is 22.8. The molecule has 5 nitrogen and oxygen atoms in total. The lowest BCUT2D eigenvalue weighted by atomic mass is 10.0. The minimum Gasteiger partial charge on any atom is -0.491 e. The van der Waals surface area contributed by atoms with Gasteiger partial charge in [0.2, 0.25) is 5.91 Å². The van der Waals surface area contributed by atoms with Crippen LogP contribution in [0.15, 0.2) is 24.3 Å². The lowest BCUT2D eigenvalue weighted by molar-refractivity contribution is -0.142. The minimum atomic E-state index is -1.04. The third kappa shape index (κ3) is 6.56. The molecule has 0 aliphatic carbocycles. The quantitative estimate of drug-likeness (QED) is 0.687. The molecule has 0 aliphatic rings. The van der Waals surface area contributed by atoms with E-state index in [4.69, 9.17) is 9.84 Å². The van der Waals surface area contributed by atoms with Crippen LogP contribution in [0.3, 0.4) is 0 Å². The van der Waals surface area contributed by atoms with Crippen LogP contribution in [0.4, 0.5) is 4.39 Å². The summed E-state index contributed by atoms with van der Waals surface area (Å²) < 4.78 is 18.5. The molecule has 22 heavy (non-hydrogen) atoms. The maximum Gasteiger partial charge on any atom is 0.326 e. The SMILES string of the molecule is CC(C)CC(NC(=O)CCCOc1ccccc1F)C(=O)O. The number of aliphatic carboxylic acids is 1. The first kappa shape index (κ1) is 17.9. The minimum absolute atomic E-state index is 0.135. The normalized spacial score (nSPS) is 12.0. The fourth-order valence-corrected chi connectivity index (χ4v) is 1.94. The Bertz CT molecular complexity index is 505. The lowest BCUT2D eigenvalue weighted by Crippen LogP contribution is -2.41. The lowest BCUT2D eigenvalue weighted by Gasteiger charge is -2.16. The number of para-hydroxylation sites is 1. The van der Waals surface area contributed by atoms with E-state index in [9.17, 15) is 14.0 Å². The van der Waals surface area contributed by atoms with Crippen molar-refractivity contribution in [3.63, 3.8) is 0 Å². The summed E-state index contributed by atoms with van der Waals surface area (Å²) in [7, 11) is 0. The van der Waals surface area contributed by atoms with Crippen molar-refractivity contribution in [2.45, 2.75) is 39.2 Å². The van der Waals surface area contributed by atoms with Gasteiger partial charge in [0.05, 0.1) is 6.61 Å². The van der Waals surface area contributed by atoms with Crippen LogP contribution in [-0.2, 0) is 9.59 Å². The van der Waals surface area contributed by atoms with E-state index in [-0.39, 0.29) is 30.6 Å². The molecule has 0 heterocycles. The number of carbonyl (C=O) groups excluding carboxylic acids is 1. The van der Waals surface area contributed by atoms with E-state index in [2.05, 4.69) is 5.32 Å². The second-order valence-corrected chi connectivity index (χ2v) is 5.47. The fraction of sp³-hybridized carbons (Fsp3) is 0.500. The maximum absolute atomic E-state index is 13.3. The van der Waals surface area contributed by atoms with E-state index < -0.39 is 17.8 Å². The number of halogens is 1. The molecule has 0 saturated carbocycles. The van der Waals surface area contributed by atoms with Crippen molar-refractivity contribution in [2.24, 2.45) is 5.92 Å². The topological polar surface area (TPSA) is 75.6 Å². The summed E-state index contributed by atoms with van der Waals surface area (Å²) in [6.07, 6.45) is 0.900. The molecule has 1 atom stereocenters. The molecule has 1 amide bonds. The van der Waals surface area contributed by atoms with Crippen molar-refractivity contribution in [1.29, 1.82) is 0 Å². The van der Waals surface area contributed by atoms with Gasteiger partial charge in [-0.2, -0.15) is 0 Å². The van der Waals surface area contributed by atoms with E-state index in [0.717, 1.165) is 0 Å². The van der Waals surface area contributed by atoms with Gasteiger partial charge in [0.15, 0.2) is 11.6 Å². The second kappa shape index (κ2) is 9.02. The van der Waals surface area contributed by atoms with Crippen LogP contribution >= 0.6 is 0 Å². The van der Waals surface area contributed by atoms with Crippen LogP contribution in [0.2, 0.25) is 0 Å². The highest BCUT2D eigenvalue weighted by Crippen LogP contribution is 2.15. The first-order chi connectivity index (χ1) is 10.4. The third-order valence-electron chi connectivity index (χ3n) is 2.98. The molecule has 0 bridgehead atoms. The van der Waals surface area contributed by atoms with Gasteiger partial charge in [0.25, 0.3) is 0 Å². The maximum atomic E-state index is 13.3. The Morgan fingerprint density at radius 3 is 2.59 bits per heavy atom. The van der Waals surface area contributed by atoms with Crippen LogP contribution in [0.25, 0.3) is 0 Å². The number of hydrogen-bond acceptors (Lipinski definition) is 3. The molecule has 6 heteroatoms. The molecule has 2 N–H and O–H groups in total. The van der Waals surface area contributed by atoms with Crippen LogP contribution in [0.1, 0.15) is 33.1 Å². The smallest absolute Gasteiger partial charge is 0.326 e. The van der Waals surface area contributed by atoms with Crippen LogP contribution in [-0.4, -0.2) is 29.6 Å². The summed E-state index contributed by atoms with van der Waals surface area (Å²) >= 11 is 0. The summed E-state index contributed by atoms with van der Waals surface area (Å²) in [5, 5.41) is 11.5. The summed E-state index contributed by atoms with van der Waals surface area (Å²) in [5.74, 6) is -1.51. The van der Waals surface area contributed by atoms with Crippen molar-refractivity contribution in [1.82, 2.24) is 5.32 Å². The van der Waals surface area contributed by atoms with Crippen molar-refractivity contribution >= 4 is 11.9 Å². The van der Waals surface area contributed by atoms with E-state index in [1.165, 1.54) is 12.1 Å². The first-order valence-corrected chi connectivity index (χ1v) is 7.29. The second-order valence-electron chi connectivity index (χ2n) is 5.47. The standard InChI is InChI=1S/C16H22FNO4/c1-11(2)10-13(16(20)21)18-15(19)8-5-9-22-14-7-4-3-6-12(14)17/h3-4,6-7,11,13H,5,8-10H2,1-2H3,(H,18,19)(H,20,21). The Morgan fingerprint density at radius 2 is 2.00 bits per heavy atom. The van der Waals surface area contributed by atoms with Crippen LogP contribution in [0.5, 0.6) is 5.75 Å². The number of amides is 1. The van der Waals surface area contributed by atoms with E-state index >= 15 is 0 Å². The molecule has 122 valence electrons. The zero-order chi connectivity index (χ0) is 16.5. The van der Waals surface area contributed by atoms with Crippen LogP contribution < -0.4 is 10.1 Å². The van der Waals surface area contributed by atoms with Gasteiger partial charge in [-0.05, 0) is 30.9 Å². The molecule has 0 saturated heterocycles. The number of carboxylic acid groups (broad SMARTS) is 1. The largest absolute Gasteiger partial charge is 0.491 e. The van der Waals surface area contributed by atoms with Gasteiger partial charge >= 0.3 is 5.97 Å². The van der Waals surface area contributed by atoms with Gasteiger partial charge < -0.3 is 15.2 Å². The van der Waals surface area contributed by atoms with Crippen molar-refractivity contribution in [3.8, 4) is 5.75 Å². The summed E-state index contributed by atoms with van der Waals surface area (Å²) in [6.45, 7) is 3.98. The number of carboxylic acids is 1. The van der Waals surface area contributed by atoms with Gasteiger partial charge in [0.1, 0.15) is 6.04 Å². The van der Waals surface area contributed by atoms with Crippen molar-refractivity contribution < 1.29 is 23.8 Å². The van der Waals surface area contributed by atoms with Gasteiger partial charge in [-0.3, -0.25) is 4.79 Å². The third-order valence-corrected chi connectivity index (χ3v) is 2.98. The van der Waals surface area contributed by atoms with Gasteiger partial charge in [0, 0.05) is 6.42 Å². The molecule has 1 aromatic rings. The number of carbonyl (C=O) groups is 2. The summed E-state index contributed by atoms with van der Waals surface area (Å²) in [6, 6.07) is 5.16. The average molecular weight is 311 g/mol. The molecule has 0 aliphatic heterocycles. The first-order valence-electron chi connectivity index (χ1n) is 7.29. The molecule has 0 radical (unpaired) electrons. The predicted molar refractivity (Wildman–Crippen MR) is 80.2 cm³/mol. The Balaban J connectivity index is 2.30. The number of rotatable bonds is 9. The molecule has 0 spiro atoms. The Labute approximate surface area is 129 Å². The molecular formula is C16H22FNO4. The van der Waals surface area contributed by atoms with Gasteiger partial charge in [-0.15, -0.1) is 0 Å². The monoisotopic (exact) mass is 311 g/mol. The van der Waals surface area contributed by atoms with Gasteiger partial charge in [-0.25, -0.2) is 9.18 Å². The Morgan fingerprint density at radius 1 is 1.32 bits per heavy atom. The number of ether oxygens (including phenoxy) is 1. The highest BCUT2D eigenvalue weighted by atomic mass is 19.1. The molecule has 1 unspecified atom stereocenters.